The smallest absolute Gasteiger partial charge is 0.338 e. The number of likely N-dealkylation sites (N-methyl/N-ethyl adjacent to an activating group) is 1. The highest BCUT2D eigenvalue weighted by Crippen LogP contribution is 2.26. The summed E-state index contributed by atoms with van der Waals surface area (Å²) in [7, 11) is 0. The van der Waals surface area contributed by atoms with Crippen molar-refractivity contribution in [2.75, 3.05) is 38.2 Å². The second-order valence-corrected chi connectivity index (χ2v) is 7.54. The molecule has 30 heavy (non-hydrogen) atoms. The molecule has 2 aromatic carbocycles. The van der Waals surface area contributed by atoms with E-state index < -0.39 is 0 Å². The fourth-order valence-electron chi connectivity index (χ4n) is 3.65. The minimum Gasteiger partial charge on any atom is -0.484 e. The van der Waals surface area contributed by atoms with Gasteiger partial charge in [0.25, 0.3) is 5.91 Å². The van der Waals surface area contributed by atoms with Crippen LogP contribution in [-0.4, -0.2) is 44.7 Å². The maximum absolute atomic E-state index is 12.2. The number of quaternary nitrogens is 1. The average molecular weight is 412 g/mol. The molecule has 0 spiro atoms. The quantitative estimate of drug-likeness (QED) is 0.589. The Morgan fingerprint density at radius 1 is 1.00 bits per heavy atom. The number of hydrogen-bond acceptors (Lipinski definition) is 4. The molecule has 0 radical (unpaired) electrons. The van der Waals surface area contributed by atoms with Gasteiger partial charge in [0, 0.05) is 5.69 Å². The Morgan fingerprint density at radius 3 is 2.47 bits per heavy atom. The van der Waals surface area contributed by atoms with Crippen LogP contribution in [0.3, 0.4) is 0 Å². The van der Waals surface area contributed by atoms with Gasteiger partial charge in [-0.3, -0.25) is 4.79 Å². The number of hydrogen-bond donors (Lipinski definition) is 2. The van der Waals surface area contributed by atoms with Gasteiger partial charge in [0.15, 0.2) is 6.61 Å². The van der Waals surface area contributed by atoms with E-state index in [9.17, 15) is 9.59 Å². The number of fused-ring (bicyclic) bond motifs is 1. The Hall–Kier alpha value is -2.86. The van der Waals surface area contributed by atoms with Crippen LogP contribution < -0.4 is 15.0 Å². The first-order valence-corrected chi connectivity index (χ1v) is 10.7. The standard InChI is InChI=1S/C24H30N2O4/c1-3-26(4-2)14-15-29-24(28)19-8-11-21(12-9-19)25-23(27)17-30-22-13-10-18-6-5-7-20(18)16-22/h8-13,16H,3-7,14-15,17H2,1-2H3,(H,25,27)/p+1. The number of rotatable bonds is 10. The van der Waals surface area contributed by atoms with Gasteiger partial charge in [-0.05, 0) is 80.6 Å². The lowest BCUT2D eigenvalue weighted by molar-refractivity contribution is -0.896. The van der Waals surface area contributed by atoms with E-state index in [1.807, 2.05) is 12.1 Å². The molecular weight excluding hydrogens is 380 g/mol. The summed E-state index contributed by atoms with van der Waals surface area (Å²) in [4.78, 5) is 25.7. The lowest BCUT2D eigenvalue weighted by atomic mass is 10.1. The Morgan fingerprint density at radius 2 is 1.73 bits per heavy atom. The van der Waals surface area contributed by atoms with Crippen LogP contribution in [0.1, 0.15) is 41.8 Å². The van der Waals surface area contributed by atoms with Crippen molar-refractivity contribution in [3.63, 3.8) is 0 Å². The van der Waals surface area contributed by atoms with E-state index in [0.29, 0.717) is 17.9 Å². The van der Waals surface area contributed by atoms with E-state index >= 15 is 0 Å². The summed E-state index contributed by atoms with van der Waals surface area (Å²) in [6.45, 7) is 7.40. The van der Waals surface area contributed by atoms with Gasteiger partial charge in [-0.1, -0.05) is 6.07 Å². The minimum absolute atomic E-state index is 0.0593. The van der Waals surface area contributed by atoms with Crippen LogP contribution in [0.5, 0.6) is 5.75 Å². The maximum Gasteiger partial charge on any atom is 0.338 e. The van der Waals surface area contributed by atoms with Crippen molar-refractivity contribution in [2.45, 2.75) is 33.1 Å². The summed E-state index contributed by atoms with van der Waals surface area (Å²) in [6.07, 6.45) is 3.38. The Balaban J connectivity index is 1.43. The number of carbonyl (C=O) groups is 2. The predicted octanol–water partition coefficient (Wildman–Crippen LogP) is 2.27. The van der Waals surface area contributed by atoms with Gasteiger partial charge in [0.2, 0.25) is 0 Å². The summed E-state index contributed by atoms with van der Waals surface area (Å²) in [5.41, 5.74) is 3.77. The van der Waals surface area contributed by atoms with E-state index in [0.717, 1.165) is 38.2 Å². The second kappa shape index (κ2) is 10.8. The molecule has 0 saturated carbocycles. The van der Waals surface area contributed by atoms with Crippen molar-refractivity contribution < 1.29 is 24.0 Å². The highest BCUT2D eigenvalue weighted by molar-refractivity contribution is 5.93. The summed E-state index contributed by atoms with van der Waals surface area (Å²) >= 11 is 0. The van der Waals surface area contributed by atoms with Gasteiger partial charge >= 0.3 is 5.97 Å². The Kier molecular flexibility index (Phi) is 7.85. The SMILES string of the molecule is CC[NH+](CC)CCOC(=O)c1ccc(NC(=O)COc2ccc3c(c2)CCC3)cc1. The van der Waals surface area contributed by atoms with E-state index in [1.165, 1.54) is 22.4 Å². The van der Waals surface area contributed by atoms with Gasteiger partial charge in [-0.2, -0.15) is 0 Å². The lowest BCUT2D eigenvalue weighted by Gasteiger charge is -2.15. The van der Waals surface area contributed by atoms with Crippen molar-refractivity contribution >= 4 is 17.6 Å². The van der Waals surface area contributed by atoms with Crippen molar-refractivity contribution in [3.8, 4) is 5.75 Å². The van der Waals surface area contributed by atoms with Crippen LogP contribution >= 0.6 is 0 Å². The fourth-order valence-corrected chi connectivity index (χ4v) is 3.65. The zero-order chi connectivity index (χ0) is 21.3. The predicted molar refractivity (Wildman–Crippen MR) is 116 cm³/mol. The molecule has 2 N–H and O–H groups in total. The number of carbonyl (C=O) groups excluding carboxylic acids is 2. The number of aryl methyl sites for hydroxylation is 2. The number of ether oxygens (including phenoxy) is 2. The average Bonchev–Trinajstić information content (AvgIpc) is 3.23. The second-order valence-electron chi connectivity index (χ2n) is 7.54. The van der Waals surface area contributed by atoms with Crippen molar-refractivity contribution in [1.29, 1.82) is 0 Å². The first-order valence-electron chi connectivity index (χ1n) is 10.7. The molecule has 0 saturated heterocycles. The third kappa shape index (κ3) is 6.07. The van der Waals surface area contributed by atoms with Crippen LogP contribution in [0.4, 0.5) is 5.69 Å². The third-order valence-electron chi connectivity index (χ3n) is 5.53. The first kappa shape index (κ1) is 21.8. The molecule has 0 aliphatic heterocycles. The summed E-state index contributed by atoms with van der Waals surface area (Å²) < 4.78 is 11.0. The highest BCUT2D eigenvalue weighted by Gasteiger charge is 2.13. The topological polar surface area (TPSA) is 69.1 Å². The number of anilines is 1. The maximum atomic E-state index is 12.2. The molecule has 0 bridgehead atoms. The number of benzene rings is 2. The minimum atomic E-state index is -0.348. The summed E-state index contributed by atoms with van der Waals surface area (Å²) in [5.74, 6) is 0.128. The van der Waals surface area contributed by atoms with Gasteiger partial charge in [0.05, 0.1) is 18.7 Å². The highest BCUT2D eigenvalue weighted by atomic mass is 16.5. The molecule has 2 aromatic rings. The zero-order valence-electron chi connectivity index (χ0n) is 17.8. The number of nitrogens with one attached hydrogen (secondary N) is 2. The summed E-state index contributed by atoms with van der Waals surface area (Å²) in [6, 6.07) is 12.7. The number of amides is 1. The van der Waals surface area contributed by atoms with Gasteiger partial charge in [0.1, 0.15) is 18.9 Å². The van der Waals surface area contributed by atoms with Crippen molar-refractivity contribution in [2.24, 2.45) is 0 Å². The van der Waals surface area contributed by atoms with Crippen LogP contribution in [0.2, 0.25) is 0 Å². The van der Waals surface area contributed by atoms with Gasteiger partial charge in [-0.25, -0.2) is 4.79 Å². The van der Waals surface area contributed by atoms with Crippen molar-refractivity contribution in [1.82, 2.24) is 0 Å². The van der Waals surface area contributed by atoms with Crippen LogP contribution in [0.25, 0.3) is 0 Å². The lowest BCUT2D eigenvalue weighted by Crippen LogP contribution is -3.11. The Labute approximate surface area is 178 Å². The molecular formula is C24H31N2O4+. The van der Waals surface area contributed by atoms with Crippen molar-refractivity contribution in [3.05, 3.63) is 59.2 Å². The molecule has 6 heteroatoms. The molecule has 0 aromatic heterocycles. The van der Waals surface area contributed by atoms with Gasteiger partial charge < -0.3 is 19.7 Å². The third-order valence-corrected chi connectivity index (χ3v) is 5.53. The molecule has 0 heterocycles. The molecule has 1 amide bonds. The van der Waals surface area contributed by atoms with E-state index in [4.69, 9.17) is 9.47 Å². The van der Waals surface area contributed by atoms with Gasteiger partial charge in [-0.15, -0.1) is 0 Å². The van der Waals surface area contributed by atoms with Crippen LogP contribution in [-0.2, 0) is 22.4 Å². The normalized spacial score (nSPS) is 12.5. The molecule has 6 nitrogen and oxygen atoms in total. The molecule has 0 fully saturated rings. The first-order chi connectivity index (χ1) is 14.6. The largest absolute Gasteiger partial charge is 0.484 e. The molecule has 0 unspecified atom stereocenters. The fraction of sp³-hybridized carbons (Fsp3) is 0.417. The molecule has 0 atom stereocenters. The number of esters is 1. The molecule has 1 aliphatic rings. The van der Waals surface area contributed by atoms with E-state index in [1.54, 1.807) is 24.3 Å². The van der Waals surface area contributed by atoms with E-state index in [2.05, 4.69) is 25.2 Å². The molecule has 3 rings (SSSR count). The van der Waals surface area contributed by atoms with Crippen LogP contribution in [0, 0.1) is 0 Å². The zero-order valence-corrected chi connectivity index (χ0v) is 17.8. The Bertz CT molecular complexity index is 860. The molecule has 1 aliphatic carbocycles. The van der Waals surface area contributed by atoms with Crippen LogP contribution in [0.15, 0.2) is 42.5 Å². The van der Waals surface area contributed by atoms with E-state index in [-0.39, 0.29) is 18.5 Å². The summed E-state index contributed by atoms with van der Waals surface area (Å²) in [5, 5.41) is 2.78. The molecule has 160 valence electrons. The monoisotopic (exact) mass is 411 g/mol.